The average molecular weight is 395 g/mol. The molecule has 2 unspecified atom stereocenters. The predicted octanol–water partition coefficient (Wildman–Crippen LogP) is 0.549. The lowest BCUT2D eigenvalue weighted by atomic mass is 9.87. The van der Waals surface area contributed by atoms with Crippen molar-refractivity contribution < 1.29 is 22.8 Å². The number of nitrogens with one attached hydrogen (secondary N) is 3. The lowest BCUT2D eigenvalue weighted by Crippen LogP contribution is -2.48. The van der Waals surface area contributed by atoms with Gasteiger partial charge < -0.3 is 0 Å². The largest absolute Gasteiger partial charge is 0.301 e. The maximum atomic E-state index is 12.8. The summed E-state index contributed by atoms with van der Waals surface area (Å²) in [7, 11) is -3.87. The summed E-state index contributed by atoms with van der Waals surface area (Å²) < 4.78 is 27.6. The first-order valence-corrected chi connectivity index (χ1v) is 10.4. The second kappa shape index (κ2) is 9.20. The molecule has 1 aliphatic rings. The highest BCUT2D eigenvalue weighted by molar-refractivity contribution is 7.89. The molecule has 0 saturated carbocycles. The van der Waals surface area contributed by atoms with Crippen LogP contribution in [0.2, 0.25) is 0 Å². The first kappa shape index (κ1) is 21.2. The van der Waals surface area contributed by atoms with Crippen LogP contribution >= 0.6 is 0 Å². The Kier molecular flexibility index (Phi) is 7.23. The van der Waals surface area contributed by atoms with Gasteiger partial charge in [-0.15, -0.1) is 0 Å². The van der Waals surface area contributed by atoms with Crippen molar-refractivity contribution in [2.45, 2.75) is 44.0 Å². The minimum absolute atomic E-state index is 0.0657. The van der Waals surface area contributed by atoms with Gasteiger partial charge in [0.05, 0.1) is 10.9 Å². The van der Waals surface area contributed by atoms with Crippen molar-refractivity contribution in [2.75, 3.05) is 6.54 Å². The van der Waals surface area contributed by atoms with E-state index in [4.69, 9.17) is 0 Å². The zero-order valence-corrected chi connectivity index (χ0v) is 16.2. The fraction of sp³-hybridized carbons (Fsp3) is 0.500. The number of carbonyl (C=O) groups excluding carboxylic acids is 3. The van der Waals surface area contributed by atoms with Crippen molar-refractivity contribution in [3.05, 3.63) is 30.3 Å². The number of hydrazine groups is 1. The van der Waals surface area contributed by atoms with Gasteiger partial charge in [-0.3, -0.25) is 19.8 Å². The van der Waals surface area contributed by atoms with E-state index < -0.39 is 39.5 Å². The second-order valence-electron chi connectivity index (χ2n) is 6.91. The molecule has 1 aliphatic heterocycles. The molecule has 2 atom stereocenters. The fourth-order valence-corrected chi connectivity index (χ4v) is 4.32. The molecular formula is C18H25N3O5S. The minimum atomic E-state index is -3.87. The van der Waals surface area contributed by atoms with Crippen LogP contribution in [0.15, 0.2) is 35.2 Å². The highest BCUT2D eigenvalue weighted by Gasteiger charge is 2.33. The first-order chi connectivity index (χ1) is 12.7. The number of hydrogen-bond acceptors (Lipinski definition) is 6. The molecule has 1 heterocycles. The van der Waals surface area contributed by atoms with E-state index in [0.717, 1.165) is 0 Å². The Hall–Kier alpha value is -2.10. The maximum Gasteiger partial charge on any atom is 0.301 e. The smallest absolute Gasteiger partial charge is 0.298 e. The zero-order chi connectivity index (χ0) is 20.0. The summed E-state index contributed by atoms with van der Waals surface area (Å²) in [5.41, 5.74) is 4.92. The van der Waals surface area contributed by atoms with Gasteiger partial charge in [0.2, 0.25) is 15.8 Å². The quantitative estimate of drug-likeness (QED) is 0.580. The normalized spacial score (nSPS) is 19.9. The van der Waals surface area contributed by atoms with Crippen molar-refractivity contribution in [3.63, 3.8) is 0 Å². The van der Waals surface area contributed by atoms with Gasteiger partial charge >= 0.3 is 5.91 Å². The number of hydrogen-bond donors (Lipinski definition) is 3. The van der Waals surface area contributed by atoms with Crippen LogP contribution in [-0.4, -0.2) is 38.5 Å². The van der Waals surface area contributed by atoms with Gasteiger partial charge in [0.25, 0.3) is 0 Å². The highest BCUT2D eigenvalue weighted by atomic mass is 32.2. The maximum absolute atomic E-state index is 12.8. The van der Waals surface area contributed by atoms with E-state index in [9.17, 15) is 22.8 Å². The number of amides is 1. The molecule has 2 rings (SSSR count). The van der Waals surface area contributed by atoms with E-state index in [1.54, 1.807) is 32.0 Å². The summed E-state index contributed by atoms with van der Waals surface area (Å²) in [5.74, 6) is -2.90. The molecule has 1 aromatic carbocycles. The summed E-state index contributed by atoms with van der Waals surface area (Å²) in [4.78, 5) is 36.8. The Bertz CT molecular complexity index is 792. The molecule has 3 N–H and O–H groups in total. The SMILES string of the molecule is CC(C)C(NS(=O)(=O)c1ccccc1)C(=O)CC1CCCNNC(=O)C1=O. The Balaban J connectivity index is 2.14. The van der Waals surface area contributed by atoms with Crippen LogP contribution in [0.5, 0.6) is 0 Å². The molecule has 0 bridgehead atoms. The van der Waals surface area contributed by atoms with Gasteiger partial charge in [-0.1, -0.05) is 32.0 Å². The summed E-state index contributed by atoms with van der Waals surface area (Å²) >= 11 is 0. The zero-order valence-electron chi connectivity index (χ0n) is 15.4. The van der Waals surface area contributed by atoms with E-state index >= 15 is 0 Å². The van der Waals surface area contributed by atoms with Gasteiger partial charge in [0.1, 0.15) is 0 Å². The standard InChI is InChI=1S/C18H25N3O5S/c1-12(2)16(21-27(25,26)14-8-4-3-5-9-14)15(22)11-13-7-6-10-19-20-18(24)17(13)23/h3-5,8-9,12-13,16,19,21H,6-7,10-11H2,1-2H3,(H,20,24). The third kappa shape index (κ3) is 5.69. The van der Waals surface area contributed by atoms with E-state index in [1.807, 2.05) is 0 Å². The average Bonchev–Trinajstić information content (AvgIpc) is 2.63. The van der Waals surface area contributed by atoms with Crippen molar-refractivity contribution in [2.24, 2.45) is 11.8 Å². The Morgan fingerprint density at radius 2 is 1.89 bits per heavy atom. The Morgan fingerprint density at radius 3 is 2.52 bits per heavy atom. The number of carbonyl (C=O) groups is 3. The third-order valence-electron chi connectivity index (χ3n) is 4.45. The van der Waals surface area contributed by atoms with Crippen LogP contribution in [0.3, 0.4) is 0 Å². The molecule has 1 fully saturated rings. The molecule has 0 spiro atoms. The second-order valence-corrected chi connectivity index (χ2v) is 8.62. The number of benzene rings is 1. The molecule has 9 heteroatoms. The molecular weight excluding hydrogens is 370 g/mol. The van der Waals surface area contributed by atoms with Crippen LogP contribution in [0.1, 0.15) is 33.1 Å². The van der Waals surface area contributed by atoms with E-state index in [-0.39, 0.29) is 17.2 Å². The molecule has 1 aromatic rings. The van der Waals surface area contributed by atoms with Crippen LogP contribution in [0.25, 0.3) is 0 Å². The van der Waals surface area contributed by atoms with Gasteiger partial charge in [0, 0.05) is 18.9 Å². The van der Waals surface area contributed by atoms with Crippen molar-refractivity contribution in [3.8, 4) is 0 Å². The molecule has 1 amide bonds. The minimum Gasteiger partial charge on any atom is -0.298 e. The topological polar surface area (TPSA) is 121 Å². The van der Waals surface area contributed by atoms with Gasteiger partial charge in [0.15, 0.2) is 5.78 Å². The molecule has 0 radical (unpaired) electrons. The van der Waals surface area contributed by atoms with Crippen LogP contribution in [-0.2, 0) is 24.4 Å². The number of Topliss-reactive ketones (excluding diaryl/α,β-unsaturated/α-hetero) is 2. The molecule has 148 valence electrons. The molecule has 8 nitrogen and oxygen atoms in total. The lowest BCUT2D eigenvalue weighted by Gasteiger charge is -2.24. The highest BCUT2D eigenvalue weighted by Crippen LogP contribution is 2.19. The summed E-state index contributed by atoms with van der Waals surface area (Å²) in [6, 6.07) is 6.81. The molecule has 0 aliphatic carbocycles. The number of ketones is 2. The number of sulfonamides is 1. The summed E-state index contributed by atoms with van der Waals surface area (Å²) in [6.07, 6.45) is 0.833. The van der Waals surface area contributed by atoms with Crippen LogP contribution in [0.4, 0.5) is 0 Å². The molecule has 0 aromatic heterocycles. The molecule has 1 saturated heterocycles. The Morgan fingerprint density at radius 1 is 1.22 bits per heavy atom. The van der Waals surface area contributed by atoms with Gasteiger partial charge in [-0.05, 0) is 30.9 Å². The third-order valence-corrected chi connectivity index (χ3v) is 5.90. The predicted molar refractivity (Wildman–Crippen MR) is 98.9 cm³/mol. The summed E-state index contributed by atoms with van der Waals surface area (Å²) in [5, 5.41) is 0. The van der Waals surface area contributed by atoms with Crippen LogP contribution < -0.4 is 15.6 Å². The van der Waals surface area contributed by atoms with E-state index in [0.29, 0.717) is 19.4 Å². The molecule has 27 heavy (non-hydrogen) atoms. The van der Waals surface area contributed by atoms with Crippen molar-refractivity contribution >= 4 is 27.5 Å². The lowest BCUT2D eigenvalue weighted by molar-refractivity contribution is -0.142. The van der Waals surface area contributed by atoms with Gasteiger partial charge in [-0.2, -0.15) is 0 Å². The number of rotatable bonds is 7. The fourth-order valence-electron chi connectivity index (χ4n) is 2.93. The summed E-state index contributed by atoms with van der Waals surface area (Å²) in [6.45, 7) is 3.96. The van der Waals surface area contributed by atoms with Crippen LogP contribution in [0, 0.1) is 11.8 Å². The van der Waals surface area contributed by atoms with E-state index in [1.165, 1.54) is 12.1 Å². The van der Waals surface area contributed by atoms with E-state index in [2.05, 4.69) is 15.6 Å². The Labute approximate surface area is 159 Å². The monoisotopic (exact) mass is 395 g/mol. The van der Waals surface area contributed by atoms with Gasteiger partial charge in [-0.25, -0.2) is 18.6 Å². The van der Waals surface area contributed by atoms with Crippen molar-refractivity contribution in [1.29, 1.82) is 0 Å². The first-order valence-electron chi connectivity index (χ1n) is 8.89. The van der Waals surface area contributed by atoms with Crippen molar-refractivity contribution in [1.82, 2.24) is 15.6 Å².